The molecule has 0 radical (unpaired) electrons. The van der Waals surface area contributed by atoms with Gasteiger partial charge < -0.3 is 19.1 Å². The summed E-state index contributed by atoms with van der Waals surface area (Å²) in [6.45, 7) is 19.7. The molecule has 104 heavy (non-hydrogen) atoms. The van der Waals surface area contributed by atoms with Crippen molar-refractivity contribution in [1.29, 1.82) is 0 Å². The predicted octanol–water partition coefficient (Wildman–Crippen LogP) is 14.6. The van der Waals surface area contributed by atoms with Crippen LogP contribution in [0.15, 0.2) is 198 Å². The van der Waals surface area contributed by atoms with Gasteiger partial charge >= 0.3 is 0 Å². The maximum Gasteiger partial charge on any atom is 0.263 e. The Morgan fingerprint density at radius 1 is 0.404 bits per heavy atom. The van der Waals surface area contributed by atoms with Gasteiger partial charge in [-0.1, -0.05) is 92.9 Å². The predicted molar refractivity (Wildman–Crippen MR) is 398 cm³/mol. The van der Waals surface area contributed by atoms with Crippen molar-refractivity contribution in [2.45, 2.75) is 89.3 Å². The van der Waals surface area contributed by atoms with Crippen molar-refractivity contribution in [1.82, 2.24) is 59.8 Å². The fourth-order valence-corrected chi connectivity index (χ4v) is 13.9. The lowest BCUT2D eigenvalue weighted by molar-refractivity contribution is 0.388. The zero-order valence-corrected chi connectivity index (χ0v) is 61.6. The number of hydrogen-bond donors (Lipinski definition) is 3. The van der Waals surface area contributed by atoms with Gasteiger partial charge in [-0.3, -0.25) is 29.1 Å². The van der Waals surface area contributed by atoms with Crippen LogP contribution in [0.1, 0.15) is 74.7 Å². The van der Waals surface area contributed by atoms with Crippen LogP contribution in [0.5, 0.6) is 17.6 Å². The highest BCUT2D eigenvalue weighted by molar-refractivity contribution is 7.93. The molecule has 0 aliphatic carbocycles. The normalized spacial score (nSPS) is 11.5. The number of hydrogen-bond acceptors (Lipinski definition) is 22. The summed E-state index contributed by atoms with van der Waals surface area (Å²) in [6, 6.07) is 33.3. The third kappa shape index (κ3) is 20.4. The number of halogens is 2. The Labute approximate surface area is 603 Å². The first kappa shape index (κ1) is 77.1. The summed E-state index contributed by atoms with van der Waals surface area (Å²) in [6.07, 6.45) is 17.0. The number of sulfonamides is 3. The Bertz CT molecular complexity index is 5240. The molecular weight excluding hydrogens is 1390 g/mol. The van der Waals surface area contributed by atoms with Crippen molar-refractivity contribution in [3.8, 4) is 51.4 Å². The third-order valence-corrected chi connectivity index (χ3v) is 19.6. The molecule has 3 aromatic carbocycles. The summed E-state index contributed by atoms with van der Waals surface area (Å²) < 4.78 is 127. The molecule has 12 rings (SSSR count). The van der Waals surface area contributed by atoms with Crippen molar-refractivity contribution in [2.24, 2.45) is 23.7 Å². The lowest BCUT2D eigenvalue weighted by Crippen LogP contribution is -2.32. The van der Waals surface area contributed by atoms with Crippen LogP contribution in [-0.2, 0) is 30.1 Å². The van der Waals surface area contributed by atoms with Crippen molar-refractivity contribution in [3.63, 3.8) is 0 Å². The van der Waals surface area contributed by atoms with E-state index in [1.165, 1.54) is 150 Å². The number of methoxy groups -OCH3 is 3. The Kier molecular flexibility index (Phi) is 26.1. The van der Waals surface area contributed by atoms with Crippen LogP contribution >= 0.6 is 0 Å². The minimum atomic E-state index is -3.86. The maximum atomic E-state index is 14.4. The molecule has 0 bridgehead atoms. The first-order valence-corrected chi connectivity index (χ1v) is 37.5. The quantitative estimate of drug-likeness (QED) is 0.0473. The minimum absolute atomic E-state index is 0.0362. The number of nitrogens with zero attached hydrogens (tertiary/aromatic N) is 13. The molecule has 30 heteroatoms. The Morgan fingerprint density at radius 2 is 0.788 bits per heavy atom. The number of fused-ring (bicyclic) bond motifs is 3. The maximum absolute atomic E-state index is 14.4. The number of nitrogens with one attached hydrogen (secondary N) is 3. The summed E-state index contributed by atoms with van der Waals surface area (Å²) in [5, 5.41) is 3.97. The SMILES string of the molecule is CC(C)CCCC(C)C.COc1ccc(-c2nccc3cc(S(=O)(=O)Nc4ccncn4)ccc23)c(F)n1.COc1nc(F)ccc1-c1nccc2cc(S(=O)(=O)Nc3ccncn3)ccc12.COc1nc(N(CC(C)C)CC(C)C)ccc1-c1nccc2cc(S(=O)(=O)Nc3ccncn3)ccc12. The Balaban J connectivity index is 0.000000172. The molecule has 3 N–H and O–H groups in total. The summed E-state index contributed by atoms with van der Waals surface area (Å²) in [4.78, 5) is 51.0. The molecule has 0 saturated heterocycles. The van der Waals surface area contributed by atoms with Gasteiger partial charge in [-0.05, 0) is 143 Å². The highest BCUT2D eigenvalue weighted by Crippen LogP contribution is 2.37. The molecule has 12 aromatic rings. The van der Waals surface area contributed by atoms with Gasteiger partial charge in [-0.15, -0.1) is 0 Å². The van der Waals surface area contributed by atoms with E-state index >= 15 is 0 Å². The minimum Gasteiger partial charge on any atom is -0.481 e. The summed E-state index contributed by atoms with van der Waals surface area (Å²) >= 11 is 0. The van der Waals surface area contributed by atoms with E-state index in [1.54, 1.807) is 61.8 Å². The van der Waals surface area contributed by atoms with Crippen molar-refractivity contribution < 1.29 is 48.2 Å². The molecule has 0 aliphatic heterocycles. The van der Waals surface area contributed by atoms with E-state index < -0.39 is 42.0 Å². The smallest absolute Gasteiger partial charge is 0.263 e. The van der Waals surface area contributed by atoms with Gasteiger partial charge in [-0.25, -0.2) is 55.2 Å². The van der Waals surface area contributed by atoms with Crippen molar-refractivity contribution in [2.75, 3.05) is 53.5 Å². The van der Waals surface area contributed by atoms with Crippen LogP contribution in [0, 0.1) is 35.6 Å². The first-order chi connectivity index (χ1) is 49.8. The van der Waals surface area contributed by atoms with E-state index in [0.29, 0.717) is 61.9 Å². The molecule has 0 unspecified atom stereocenters. The van der Waals surface area contributed by atoms with Gasteiger partial charge in [-0.2, -0.15) is 23.7 Å². The highest BCUT2D eigenvalue weighted by atomic mass is 32.2. The lowest BCUT2D eigenvalue weighted by Gasteiger charge is -2.28. The van der Waals surface area contributed by atoms with Crippen LogP contribution < -0.4 is 33.3 Å². The molecule has 25 nitrogen and oxygen atoms in total. The molecule has 0 spiro atoms. The van der Waals surface area contributed by atoms with Crippen LogP contribution in [0.3, 0.4) is 0 Å². The van der Waals surface area contributed by atoms with Gasteiger partial charge in [0.2, 0.25) is 29.5 Å². The van der Waals surface area contributed by atoms with E-state index in [2.05, 4.69) is 129 Å². The van der Waals surface area contributed by atoms with Gasteiger partial charge in [0.05, 0.1) is 69.8 Å². The van der Waals surface area contributed by atoms with Crippen molar-refractivity contribution >= 4 is 85.7 Å². The van der Waals surface area contributed by atoms with Gasteiger partial charge in [0, 0.05) is 72.5 Å². The largest absolute Gasteiger partial charge is 0.481 e. The average Bonchev–Trinajstić information content (AvgIpc) is 0.785. The van der Waals surface area contributed by atoms with E-state index in [9.17, 15) is 34.0 Å². The number of anilines is 4. The summed E-state index contributed by atoms with van der Waals surface area (Å²) in [7, 11) is -7.16. The standard InChI is InChI=1S/C27H32N6O3S.2C19H14FN5O3S.C9H20/c1-18(2)15-33(16-19(3)4)25-9-8-23(27(31-25)36-5)26-22-7-6-21(14-20(22)10-13-29-26)37(34,35)32-24-11-12-28-17-30-24;1-28-17-5-4-15(19(20)24-17)18-14-3-2-13(10-12(14)6-9-22-18)29(26,27)25-16-7-8-21-11-23-16;1-28-19-15(4-5-16(20)24-19)18-14-3-2-13(10-12(14)6-9-22-18)29(26,27)25-17-7-8-21-11-23-17;1-8(2)6-5-7-9(3)4/h6-14,17-19H,15-16H2,1-5H3,(H,28,30,32);2*2-11H,1H3,(H,21,23,25);8-9H,5-7H2,1-4H3. The van der Waals surface area contributed by atoms with Crippen molar-refractivity contribution in [3.05, 3.63) is 195 Å². The van der Waals surface area contributed by atoms with E-state index in [0.717, 1.165) is 47.1 Å². The molecule has 0 saturated carbocycles. The van der Waals surface area contributed by atoms with Crippen LogP contribution in [0.4, 0.5) is 32.1 Å². The highest BCUT2D eigenvalue weighted by Gasteiger charge is 2.24. The third-order valence-electron chi connectivity index (χ3n) is 15.5. The molecule has 9 aromatic heterocycles. The second kappa shape index (κ2) is 35.2. The number of rotatable bonds is 24. The van der Waals surface area contributed by atoms with E-state index in [4.69, 9.17) is 19.2 Å². The number of pyridine rings is 6. The van der Waals surface area contributed by atoms with Gasteiger partial charge in [0.1, 0.15) is 42.3 Å². The monoisotopic (exact) mass is 1470 g/mol. The number of ether oxygens (including phenoxy) is 3. The van der Waals surface area contributed by atoms with Crippen LogP contribution in [-0.4, -0.2) is 119 Å². The molecular formula is C74H80F2N16O9S3. The van der Waals surface area contributed by atoms with E-state index in [-0.39, 0.29) is 49.5 Å². The fourth-order valence-electron chi connectivity index (χ4n) is 10.7. The molecule has 542 valence electrons. The summed E-state index contributed by atoms with van der Waals surface area (Å²) in [5.41, 5.74) is 2.93. The lowest BCUT2D eigenvalue weighted by atomic mass is 10.0. The topological polar surface area (TPSA) is 324 Å². The Morgan fingerprint density at radius 3 is 1.14 bits per heavy atom. The molecule has 9 heterocycles. The van der Waals surface area contributed by atoms with E-state index in [1.807, 2.05) is 12.1 Å². The molecule has 0 fully saturated rings. The zero-order valence-electron chi connectivity index (χ0n) is 59.1. The van der Waals surface area contributed by atoms with Gasteiger partial charge in [0.25, 0.3) is 30.1 Å². The second-order valence-corrected chi connectivity index (χ2v) is 30.3. The number of benzene rings is 3. The average molecular weight is 1470 g/mol. The van der Waals surface area contributed by atoms with Crippen LogP contribution in [0.2, 0.25) is 0 Å². The zero-order chi connectivity index (χ0) is 74.7. The van der Waals surface area contributed by atoms with Crippen LogP contribution in [0.25, 0.3) is 66.1 Å². The fraction of sp³-hybridized carbons (Fsp3) is 0.270. The first-order valence-electron chi connectivity index (χ1n) is 33.0. The second-order valence-electron chi connectivity index (χ2n) is 25.2. The Hall–Kier alpha value is -11.1. The molecule has 0 amide bonds. The molecule has 0 atom stereocenters. The number of aromatic nitrogens is 12. The summed E-state index contributed by atoms with van der Waals surface area (Å²) in [5.74, 6) is 3.44. The molecule has 0 aliphatic rings. The van der Waals surface area contributed by atoms with Gasteiger partial charge in [0.15, 0.2) is 0 Å².